The molecule has 3 heterocycles. The molecule has 170 valence electrons. The maximum Gasteiger partial charge on any atom is 0.256 e. The summed E-state index contributed by atoms with van der Waals surface area (Å²) < 4.78 is 28.2. The van der Waals surface area contributed by atoms with Gasteiger partial charge in [0.05, 0.1) is 11.3 Å². The summed E-state index contributed by atoms with van der Waals surface area (Å²) >= 11 is 7.12. The lowest BCUT2D eigenvalue weighted by Gasteiger charge is -2.37. The number of piperidine rings is 1. The molecule has 1 saturated heterocycles. The highest BCUT2D eigenvalue weighted by Gasteiger charge is 2.41. The van der Waals surface area contributed by atoms with Gasteiger partial charge in [0.1, 0.15) is 10.3 Å². The fourth-order valence-corrected chi connectivity index (χ4v) is 6.70. The molecule has 2 unspecified atom stereocenters. The SMILES string of the molecule is O=C1Nc2ccc(-c3ccc(Cl)cc3)cc2C(=O)N2CCC(NS(=O)(=O)c3cccs3)CC12. The Morgan fingerprint density at radius 3 is 2.55 bits per heavy atom. The van der Waals surface area contributed by atoms with Crippen molar-refractivity contribution in [1.82, 2.24) is 9.62 Å². The van der Waals surface area contributed by atoms with E-state index in [1.165, 1.54) is 0 Å². The van der Waals surface area contributed by atoms with Crippen molar-refractivity contribution in [2.45, 2.75) is 29.1 Å². The fourth-order valence-electron chi connectivity index (χ4n) is 4.28. The van der Waals surface area contributed by atoms with Gasteiger partial charge in [0, 0.05) is 17.6 Å². The van der Waals surface area contributed by atoms with E-state index in [1.807, 2.05) is 18.2 Å². The normalized spacial score (nSPS) is 20.6. The van der Waals surface area contributed by atoms with E-state index in [2.05, 4.69) is 10.0 Å². The Kier molecular flexibility index (Phi) is 5.74. The zero-order chi connectivity index (χ0) is 23.2. The molecule has 0 saturated carbocycles. The van der Waals surface area contributed by atoms with Crippen molar-refractivity contribution in [2.75, 3.05) is 11.9 Å². The van der Waals surface area contributed by atoms with Gasteiger partial charge in [0.2, 0.25) is 15.9 Å². The van der Waals surface area contributed by atoms with E-state index in [0.29, 0.717) is 22.7 Å². The van der Waals surface area contributed by atoms with Gasteiger partial charge in [-0.2, -0.15) is 0 Å². The molecule has 0 radical (unpaired) electrons. The van der Waals surface area contributed by atoms with Gasteiger partial charge in [-0.15, -0.1) is 11.3 Å². The largest absolute Gasteiger partial charge is 0.326 e. The molecule has 5 rings (SSSR count). The van der Waals surface area contributed by atoms with E-state index in [-0.39, 0.29) is 29.0 Å². The molecule has 7 nitrogen and oxygen atoms in total. The molecule has 0 spiro atoms. The van der Waals surface area contributed by atoms with Crippen molar-refractivity contribution in [3.05, 3.63) is 70.6 Å². The van der Waals surface area contributed by atoms with Crippen molar-refractivity contribution in [1.29, 1.82) is 0 Å². The summed E-state index contributed by atoms with van der Waals surface area (Å²) in [6, 6.07) is 14.7. The first-order valence-corrected chi connectivity index (χ1v) is 13.1. The second kappa shape index (κ2) is 8.57. The van der Waals surface area contributed by atoms with E-state index < -0.39 is 22.1 Å². The van der Waals surface area contributed by atoms with Crippen LogP contribution in [0.4, 0.5) is 5.69 Å². The molecule has 10 heteroatoms. The first-order chi connectivity index (χ1) is 15.8. The summed E-state index contributed by atoms with van der Waals surface area (Å²) in [7, 11) is -3.66. The number of rotatable bonds is 4. The second-order valence-corrected chi connectivity index (χ2v) is 11.4. The smallest absolute Gasteiger partial charge is 0.256 e. The highest BCUT2D eigenvalue weighted by molar-refractivity contribution is 7.91. The number of nitrogens with one attached hydrogen (secondary N) is 2. The molecular weight excluding hydrogens is 482 g/mol. The molecule has 2 aliphatic heterocycles. The van der Waals surface area contributed by atoms with Crippen molar-refractivity contribution >= 4 is 50.5 Å². The predicted molar refractivity (Wildman–Crippen MR) is 128 cm³/mol. The summed E-state index contributed by atoms with van der Waals surface area (Å²) in [5.74, 6) is -0.565. The summed E-state index contributed by atoms with van der Waals surface area (Å²) in [5, 5.41) is 5.17. The van der Waals surface area contributed by atoms with Crippen molar-refractivity contribution < 1.29 is 18.0 Å². The predicted octanol–water partition coefficient (Wildman–Crippen LogP) is 3.97. The number of amides is 2. The highest BCUT2D eigenvalue weighted by atomic mass is 35.5. The number of fused-ring (bicyclic) bond motifs is 2. The van der Waals surface area contributed by atoms with Crippen LogP contribution in [0, 0.1) is 0 Å². The molecule has 3 aromatic rings. The van der Waals surface area contributed by atoms with E-state index in [4.69, 9.17) is 11.6 Å². The van der Waals surface area contributed by atoms with Crippen LogP contribution in [0.2, 0.25) is 5.02 Å². The first-order valence-electron chi connectivity index (χ1n) is 10.4. The molecule has 2 amide bonds. The topological polar surface area (TPSA) is 95.6 Å². The van der Waals surface area contributed by atoms with Gasteiger partial charge in [-0.25, -0.2) is 13.1 Å². The lowest BCUT2D eigenvalue weighted by molar-refractivity contribution is -0.121. The third-order valence-corrected chi connectivity index (χ3v) is 9.10. The van der Waals surface area contributed by atoms with E-state index in [0.717, 1.165) is 22.5 Å². The summed E-state index contributed by atoms with van der Waals surface area (Å²) in [5.41, 5.74) is 2.61. The van der Waals surface area contributed by atoms with Crippen LogP contribution >= 0.6 is 22.9 Å². The van der Waals surface area contributed by atoms with Crippen LogP contribution in [-0.2, 0) is 14.8 Å². The Hall–Kier alpha value is -2.72. The number of hydrogen-bond donors (Lipinski definition) is 2. The van der Waals surface area contributed by atoms with Crippen LogP contribution in [0.5, 0.6) is 0 Å². The number of nitrogens with zero attached hydrogens (tertiary/aromatic N) is 1. The van der Waals surface area contributed by atoms with Gasteiger partial charge >= 0.3 is 0 Å². The maximum absolute atomic E-state index is 13.4. The molecule has 1 aromatic heterocycles. The molecule has 0 bridgehead atoms. The molecule has 0 aliphatic carbocycles. The van der Waals surface area contributed by atoms with Crippen LogP contribution in [0.3, 0.4) is 0 Å². The molecule has 2 aliphatic rings. The van der Waals surface area contributed by atoms with Gasteiger partial charge in [0.25, 0.3) is 5.91 Å². The number of sulfonamides is 1. The minimum atomic E-state index is -3.66. The lowest BCUT2D eigenvalue weighted by Crippen LogP contribution is -2.54. The number of carbonyl (C=O) groups is 2. The Labute approximate surface area is 200 Å². The summed E-state index contributed by atoms with van der Waals surface area (Å²) in [6.07, 6.45) is 0.631. The number of carbonyl (C=O) groups excluding carboxylic acids is 2. The number of halogens is 1. The minimum Gasteiger partial charge on any atom is -0.326 e. The quantitative estimate of drug-likeness (QED) is 0.565. The number of anilines is 1. The Balaban J connectivity index is 1.40. The molecule has 2 aromatic carbocycles. The standard InChI is InChI=1S/C23H20ClN3O4S2/c24-16-6-3-14(4-7-16)15-5-8-19-18(12-15)23(29)27-10-9-17(13-20(27)22(28)25-19)26-33(30,31)21-2-1-11-32-21/h1-8,11-12,17,20,26H,9-10,13H2,(H,25,28). The maximum atomic E-state index is 13.4. The third-order valence-electron chi connectivity index (χ3n) is 5.93. The first kappa shape index (κ1) is 22.1. The van der Waals surface area contributed by atoms with Gasteiger partial charge < -0.3 is 10.2 Å². The monoisotopic (exact) mass is 501 g/mol. The zero-order valence-electron chi connectivity index (χ0n) is 17.3. The van der Waals surface area contributed by atoms with Crippen LogP contribution in [0.25, 0.3) is 11.1 Å². The Morgan fingerprint density at radius 1 is 1.06 bits per heavy atom. The minimum absolute atomic E-state index is 0.209. The van der Waals surface area contributed by atoms with Crippen molar-refractivity contribution in [2.24, 2.45) is 0 Å². The van der Waals surface area contributed by atoms with E-state index in [1.54, 1.807) is 46.7 Å². The number of hydrogen-bond acceptors (Lipinski definition) is 5. The third kappa shape index (κ3) is 4.29. The molecule has 2 atom stereocenters. The second-order valence-electron chi connectivity index (χ2n) is 8.05. The molecule has 2 N–H and O–H groups in total. The van der Waals surface area contributed by atoms with Crippen LogP contribution in [0.1, 0.15) is 23.2 Å². The number of thiophene rings is 1. The van der Waals surface area contributed by atoms with Crippen molar-refractivity contribution in [3.8, 4) is 11.1 Å². The average molecular weight is 502 g/mol. The molecule has 1 fully saturated rings. The molecular formula is C23H20ClN3O4S2. The fraction of sp³-hybridized carbons (Fsp3) is 0.217. The highest BCUT2D eigenvalue weighted by Crippen LogP contribution is 2.32. The van der Waals surface area contributed by atoms with Crippen LogP contribution < -0.4 is 10.0 Å². The van der Waals surface area contributed by atoms with Crippen LogP contribution in [-0.4, -0.2) is 43.8 Å². The Bertz CT molecular complexity index is 1320. The zero-order valence-corrected chi connectivity index (χ0v) is 19.7. The van der Waals surface area contributed by atoms with Crippen LogP contribution in [0.15, 0.2) is 64.2 Å². The lowest BCUT2D eigenvalue weighted by atomic mass is 9.96. The summed E-state index contributed by atoms with van der Waals surface area (Å²) in [6.45, 7) is 0.277. The molecule has 33 heavy (non-hydrogen) atoms. The van der Waals surface area contributed by atoms with Crippen molar-refractivity contribution in [3.63, 3.8) is 0 Å². The van der Waals surface area contributed by atoms with Gasteiger partial charge in [-0.05, 0) is 59.7 Å². The number of benzene rings is 2. The average Bonchev–Trinajstić information content (AvgIpc) is 3.32. The van der Waals surface area contributed by atoms with Gasteiger partial charge in [0.15, 0.2) is 0 Å². The van der Waals surface area contributed by atoms with Gasteiger partial charge in [-0.1, -0.05) is 35.9 Å². The summed E-state index contributed by atoms with van der Waals surface area (Å²) in [4.78, 5) is 27.9. The Morgan fingerprint density at radius 2 is 1.82 bits per heavy atom. The van der Waals surface area contributed by atoms with E-state index in [9.17, 15) is 18.0 Å². The van der Waals surface area contributed by atoms with Gasteiger partial charge in [-0.3, -0.25) is 9.59 Å². The van der Waals surface area contributed by atoms with E-state index >= 15 is 0 Å².